The predicted octanol–water partition coefficient (Wildman–Crippen LogP) is 6.19. The molecule has 0 unspecified atom stereocenters. The second kappa shape index (κ2) is 7.14. The average molecular weight is 370 g/mol. The number of nitrogens with zero attached hydrogens (tertiary/aromatic N) is 2. The lowest BCUT2D eigenvalue weighted by molar-refractivity contribution is 0.415. The molecule has 0 bridgehead atoms. The first kappa shape index (κ1) is 17.1. The number of aryl methyl sites for hydroxylation is 1. The van der Waals surface area contributed by atoms with Gasteiger partial charge in [0.05, 0.1) is 23.8 Å². The van der Waals surface area contributed by atoms with Crippen molar-refractivity contribution in [1.29, 1.82) is 5.26 Å². The summed E-state index contributed by atoms with van der Waals surface area (Å²) in [5.41, 5.74) is 6.00. The van der Waals surface area contributed by atoms with Crippen LogP contribution in [0.2, 0.25) is 0 Å². The summed E-state index contributed by atoms with van der Waals surface area (Å²) in [6, 6.07) is 20.7. The van der Waals surface area contributed by atoms with Gasteiger partial charge in [-0.15, -0.1) is 11.3 Å². The van der Waals surface area contributed by atoms with Crippen LogP contribution in [0.15, 0.2) is 66.9 Å². The zero-order valence-electron chi connectivity index (χ0n) is 15.1. The van der Waals surface area contributed by atoms with E-state index in [-0.39, 0.29) is 0 Å². The molecule has 3 heterocycles. The zero-order valence-corrected chi connectivity index (χ0v) is 16.0. The van der Waals surface area contributed by atoms with Gasteiger partial charge in [-0.1, -0.05) is 18.2 Å². The molecule has 0 aliphatic carbocycles. The van der Waals surface area contributed by atoms with Gasteiger partial charge in [0.1, 0.15) is 5.75 Å². The van der Waals surface area contributed by atoms with Crippen LogP contribution in [-0.4, -0.2) is 11.5 Å². The maximum atomic E-state index is 8.79. The summed E-state index contributed by atoms with van der Waals surface area (Å²) >= 11 is 1.69. The van der Waals surface area contributed by atoms with Gasteiger partial charge in [0, 0.05) is 28.2 Å². The van der Waals surface area contributed by atoms with E-state index in [1.165, 1.54) is 33.3 Å². The van der Waals surface area contributed by atoms with Crippen LogP contribution >= 0.6 is 11.3 Å². The topological polar surface area (TPSA) is 37.4 Å². The number of aromatic nitrogens is 1. The maximum Gasteiger partial charge on any atom is 0.118 e. The van der Waals surface area contributed by atoms with Gasteiger partial charge in [0.25, 0.3) is 0 Å². The van der Waals surface area contributed by atoms with E-state index >= 15 is 0 Å². The summed E-state index contributed by atoms with van der Waals surface area (Å²) in [5, 5.41) is 8.79. The van der Waals surface area contributed by atoms with Crippen molar-refractivity contribution in [1.82, 2.24) is 4.40 Å². The highest BCUT2D eigenvalue weighted by molar-refractivity contribution is 7.16. The molecule has 0 spiro atoms. The van der Waals surface area contributed by atoms with Crippen molar-refractivity contribution in [2.45, 2.75) is 6.92 Å². The lowest BCUT2D eigenvalue weighted by Crippen LogP contribution is -1.87. The first-order valence-electron chi connectivity index (χ1n) is 8.63. The molecule has 4 heteroatoms. The second-order valence-electron chi connectivity index (χ2n) is 6.20. The number of fused-ring (bicyclic) bond motifs is 1. The highest BCUT2D eigenvalue weighted by Gasteiger charge is 2.19. The van der Waals surface area contributed by atoms with Gasteiger partial charge in [-0.25, -0.2) is 0 Å². The van der Waals surface area contributed by atoms with E-state index in [2.05, 4.69) is 66.1 Å². The smallest absolute Gasteiger partial charge is 0.118 e. The van der Waals surface area contributed by atoms with Crippen LogP contribution in [-0.2, 0) is 0 Å². The fourth-order valence-electron chi connectivity index (χ4n) is 3.41. The van der Waals surface area contributed by atoms with Gasteiger partial charge in [0.2, 0.25) is 0 Å². The molecule has 0 fully saturated rings. The van der Waals surface area contributed by atoms with Gasteiger partial charge in [0.15, 0.2) is 0 Å². The third-order valence-electron chi connectivity index (χ3n) is 4.66. The van der Waals surface area contributed by atoms with Crippen LogP contribution in [0.1, 0.15) is 10.4 Å². The standard InChI is InChI=1S/C23H18N2OS/c1-16-20-7-3-4-15-25(20)23(21-13-12-19(27-21)6-5-14-24)22(16)17-8-10-18(26-2)11-9-17/h3-13,15H,1-2H3/b6-5-. The Balaban J connectivity index is 1.96. The van der Waals surface area contributed by atoms with Crippen LogP contribution < -0.4 is 4.74 Å². The quantitative estimate of drug-likeness (QED) is 0.402. The molecule has 3 aromatic heterocycles. The SMILES string of the molecule is COc1ccc(-c2c(C)c3ccccn3c2-c2ccc(/C=C\C#N)s2)cc1. The normalized spacial score (nSPS) is 11.1. The molecule has 0 aliphatic rings. The van der Waals surface area contributed by atoms with Crippen LogP contribution in [0.4, 0.5) is 0 Å². The largest absolute Gasteiger partial charge is 0.497 e. The summed E-state index contributed by atoms with van der Waals surface area (Å²) in [6.07, 6.45) is 5.47. The van der Waals surface area contributed by atoms with Crippen LogP contribution in [0.25, 0.3) is 33.3 Å². The van der Waals surface area contributed by atoms with Crippen LogP contribution in [0.5, 0.6) is 5.75 Å². The van der Waals surface area contributed by atoms with Crippen molar-refractivity contribution in [2.75, 3.05) is 7.11 Å². The first-order valence-corrected chi connectivity index (χ1v) is 9.45. The maximum absolute atomic E-state index is 8.79. The minimum Gasteiger partial charge on any atom is -0.497 e. The molecule has 0 N–H and O–H groups in total. The van der Waals surface area contributed by atoms with E-state index in [9.17, 15) is 0 Å². The first-order chi connectivity index (χ1) is 13.2. The Hall–Kier alpha value is -3.29. The lowest BCUT2D eigenvalue weighted by Gasteiger charge is -2.07. The van der Waals surface area contributed by atoms with Gasteiger partial charge in [-0.05, 0) is 60.5 Å². The van der Waals surface area contributed by atoms with Crippen molar-refractivity contribution in [2.24, 2.45) is 0 Å². The monoisotopic (exact) mass is 370 g/mol. The number of thiophene rings is 1. The van der Waals surface area contributed by atoms with Crippen molar-refractivity contribution >= 4 is 22.9 Å². The number of benzene rings is 1. The predicted molar refractivity (Wildman–Crippen MR) is 112 cm³/mol. The van der Waals surface area contributed by atoms with Crippen LogP contribution in [0.3, 0.4) is 0 Å². The summed E-state index contributed by atoms with van der Waals surface area (Å²) in [5.74, 6) is 0.849. The summed E-state index contributed by atoms with van der Waals surface area (Å²) in [7, 11) is 1.68. The molecular formula is C23H18N2OS. The number of nitriles is 1. The minimum atomic E-state index is 0.849. The average Bonchev–Trinajstić information content (AvgIpc) is 3.29. The molecule has 132 valence electrons. The Morgan fingerprint density at radius 3 is 2.63 bits per heavy atom. The fourth-order valence-corrected chi connectivity index (χ4v) is 4.37. The summed E-state index contributed by atoms with van der Waals surface area (Å²) < 4.78 is 7.56. The van der Waals surface area contributed by atoms with Gasteiger partial charge >= 0.3 is 0 Å². The Kier molecular flexibility index (Phi) is 4.53. The number of pyridine rings is 1. The van der Waals surface area contributed by atoms with E-state index < -0.39 is 0 Å². The molecule has 0 aliphatic heterocycles. The highest BCUT2D eigenvalue weighted by atomic mass is 32.1. The zero-order chi connectivity index (χ0) is 18.8. The lowest BCUT2D eigenvalue weighted by atomic mass is 10.0. The van der Waals surface area contributed by atoms with E-state index in [1.807, 2.05) is 18.2 Å². The van der Waals surface area contributed by atoms with E-state index in [0.29, 0.717) is 0 Å². The molecule has 4 rings (SSSR count). The summed E-state index contributed by atoms with van der Waals surface area (Å²) in [4.78, 5) is 2.24. The third-order valence-corrected chi connectivity index (χ3v) is 5.72. The molecular weight excluding hydrogens is 352 g/mol. The Morgan fingerprint density at radius 1 is 1.07 bits per heavy atom. The van der Waals surface area contributed by atoms with Gasteiger partial charge < -0.3 is 9.14 Å². The molecule has 0 saturated heterocycles. The number of methoxy groups -OCH3 is 1. The van der Waals surface area contributed by atoms with Crippen molar-refractivity contribution < 1.29 is 4.74 Å². The third kappa shape index (κ3) is 3.03. The van der Waals surface area contributed by atoms with Crippen molar-refractivity contribution in [3.63, 3.8) is 0 Å². The number of allylic oxidation sites excluding steroid dienone is 1. The highest BCUT2D eigenvalue weighted by Crippen LogP contribution is 2.42. The molecule has 0 saturated carbocycles. The Labute approximate surface area is 162 Å². The van der Waals surface area contributed by atoms with Crippen molar-refractivity contribution in [3.05, 3.63) is 77.3 Å². The molecule has 0 atom stereocenters. The number of ether oxygens (including phenoxy) is 1. The fraction of sp³-hybridized carbons (Fsp3) is 0.0870. The van der Waals surface area contributed by atoms with E-state index in [4.69, 9.17) is 10.00 Å². The molecule has 27 heavy (non-hydrogen) atoms. The van der Waals surface area contributed by atoms with Crippen molar-refractivity contribution in [3.8, 4) is 33.5 Å². The van der Waals surface area contributed by atoms with E-state index in [0.717, 1.165) is 16.2 Å². The second-order valence-corrected chi connectivity index (χ2v) is 7.31. The van der Waals surface area contributed by atoms with Gasteiger partial charge in [-0.2, -0.15) is 5.26 Å². The molecule has 1 aromatic carbocycles. The summed E-state index contributed by atoms with van der Waals surface area (Å²) in [6.45, 7) is 2.17. The molecule has 4 aromatic rings. The Morgan fingerprint density at radius 2 is 1.89 bits per heavy atom. The minimum absolute atomic E-state index is 0.849. The number of hydrogen-bond acceptors (Lipinski definition) is 3. The Bertz CT molecular complexity index is 1170. The number of rotatable bonds is 4. The molecule has 0 radical (unpaired) electrons. The molecule has 0 amide bonds. The number of hydrogen-bond donors (Lipinski definition) is 0. The molecule has 3 nitrogen and oxygen atoms in total. The van der Waals surface area contributed by atoms with E-state index in [1.54, 1.807) is 18.4 Å². The van der Waals surface area contributed by atoms with Crippen LogP contribution in [0, 0.1) is 18.3 Å². The van der Waals surface area contributed by atoms with Gasteiger partial charge in [-0.3, -0.25) is 0 Å².